The molecule has 0 saturated heterocycles. The third-order valence-corrected chi connectivity index (χ3v) is 4.90. The van der Waals surface area contributed by atoms with Gasteiger partial charge in [-0.15, -0.1) is 0 Å². The molecular weight excluding hydrogens is 453 g/mol. The zero-order valence-electron chi connectivity index (χ0n) is 18.6. The van der Waals surface area contributed by atoms with E-state index in [0.717, 1.165) is 0 Å². The third kappa shape index (κ3) is 7.14. The number of methoxy groups -OCH3 is 1. The summed E-state index contributed by atoms with van der Waals surface area (Å²) in [6.45, 7) is 7.48. The SMILES string of the molecule is COc1cc(/C=N/NC(=O)C(NC(=O)c2ccc(Cl)cc2Cl)C(C)C)ccc1OC(C)C. The number of hydrogen-bond acceptors (Lipinski definition) is 5. The summed E-state index contributed by atoms with van der Waals surface area (Å²) < 4.78 is 11.0. The van der Waals surface area contributed by atoms with Crippen molar-refractivity contribution < 1.29 is 19.1 Å². The lowest BCUT2D eigenvalue weighted by atomic mass is 10.0. The highest BCUT2D eigenvalue weighted by atomic mass is 35.5. The standard InChI is InChI=1S/C23H27Cl2N3O4/c1-13(2)21(27-22(29)17-8-7-16(24)11-18(17)25)23(30)28-26-12-15-6-9-19(32-14(3)4)20(10-15)31-5/h6-14,21H,1-5H3,(H,27,29)(H,28,30)/b26-12+. The molecule has 1 unspecified atom stereocenters. The van der Waals surface area contributed by atoms with Gasteiger partial charge < -0.3 is 14.8 Å². The highest BCUT2D eigenvalue weighted by molar-refractivity contribution is 6.36. The van der Waals surface area contributed by atoms with E-state index in [1.165, 1.54) is 18.3 Å². The second-order valence-electron chi connectivity index (χ2n) is 7.63. The molecule has 0 saturated carbocycles. The molecule has 0 fully saturated rings. The second-order valence-corrected chi connectivity index (χ2v) is 8.47. The van der Waals surface area contributed by atoms with Crippen LogP contribution in [0.25, 0.3) is 0 Å². The van der Waals surface area contributed by atoms with Gasteiger partial charge in [-0.2, -0.15) is 5.10 Å². The van der Waals surface area contributed by atoms with Crippen LogP contribution >= 0.6 is 23.2 Å². The third-order valence-electron chi connectivity index (χ3n) is 4.35. The maximum absolute atomic E-state index is 12.6. The Morgan fingerprint density at radius 1 is 1.03 bits per heavy atom. The maximum Gasteiger partial charge on any atom is 0.262 e. The Kier molecular flexibility index (Phi) is 9.35. The predicted octanol–water partition coefficient (Wildman–Crippen LogP) is 4.69. The average Bonchev–Trinajstić information content (AvgIpc) is 2.72. The van der Waals surface area contributed by atoms with Crippen molar-refractivity contribution in [1.82, 2.24) is 10.7 Å². The smallest absolute Gasteiger partial charge is 0.262 e. The van der Waals surface area contributed by atoms with Crippen molar-refractivity contribution in [2.24, 2.45) is 11.0 Å². The number of rotatable bonds is 9. The van der Waals surface area contributed by atoms with E-state index in [9.17, 15) is 9.59 Å². The number of carbonyl (C=O) groups is 2. The average molecular weight is 480 g/mol. The van der Waals surface area contributed by atoms with Gasteiger partial charge in [-0.05, 0) is 61.7 Å². The van der Waals surface area contributed by atoms with Crippen molar-refractivity contribution in [3.8, 4) is 11.5 Å². The Labute approximate surface area is 198 Å². The van der Waals surface area contributed by atoms with Gasteiger partial charge in [0.15, 0.2) is 11.5 Å². The number of hydrazone groups is 1. The molecule has 9 heteroatoms. The van der Waals surface area contributed by atoms with Crippen molar-refractivity contribution >= 4 is 41.2 Å². The monoisotopic (exact) mass is 479 g/mol. The summed E-state index contributed by atoms with van der Waals surface area (Å²) in [5, 5.41) is 7.32. The lowest BCUT2D eigenvalue weighted by molar-refractivity contribution is -0.123. The van der Waals surface area contributed by atoms with E-state index in [1.807, 2.05) is 27.7 Å². The van der Waals surface area contributed by atoms with Gasteiger partial charge in [0.05, 0.1) is 30.0 Å². The Bertz CT molecular complexity index is 993. The van der Waals surface area contributed by atoms with Crippen LogP contribution in [0.1, 0.15) is 43.6 Å². The van der Waals surface area contributed by atoms with Gasteiger partial charge in [-0.3, -0.25) is 9.59 Å². The molecule has 32 heavy (non-hydrogen) atoms. The van der Waals surface area contributed by atoms with E-state index in [4.69, 9.17) is 32.7 Å². The molecule has 0 spiro atoms. The molecule has 0 bridgehead atoms. The predicted molar refractivity (Wildman–Crippen MR) is 127 cm³/mol. The Morgan fingerprint density at radius 2 is 1.75 bits per heavy atom. The Hall–Kier alpha value is -2.77. The largest absolute Gasteiger partial charge is 0.493 e. The minimum absolute atomic E-state index is 0.00800. The number of benzene rings is 2. The van der Waals surface area contributed by atoms with Crippen LogP contribution in [0.5, 0.6) is 11.5 Å². The fourth-order valence-electron chi connectivity index (χ4n) is 2.78. The summed E-state index contributed by atoms with van der Waals surface area (Å²) in [4.78, 5) is 25.2. The molecule has 2 N–H and O–H groups in total. The molecule has 0 aliphatic carbocycles. The molecule has 2 aromatic carbocycles. The van der Waals surface area contributed by atoms with E-state index in [0.29, 0.717) is 22.1 Å². The second kappa shape index (κ2) is 11.7. The normalized spacial score (nSPS) is 12.2. The number of amides is 2. The molecule has 0 aromatic heterocycles. The topological polar surface area (TPSA) is 89.0 Å². The number of nitrogens with one attached hydrogen (secondary N) is 2. The molecule has 7 nitrogen and oxygen atoms in total. The molecule has 172 valence electrons. The first-order valence-electron chi connectivity index (χ1n) is 10.1. The zero-order chi connectivity index (χ0) is 23.8. The number of ether oxygens (including phenoxy) is 2. The molecular formula is C23H27Cl2N3O4. The lowest BCUT2D eigenvalue weighted by Crippen LogP contribution is -2.48. The number of hydrogen-bond donors (Lipinski definition) is 2. The van der Waals surface area contributed by atoms with Crippen LogP contribution in [0.2, 0.25) is 10.0 Å². The summed E-state index contributed by atoms with van der Waals surface area (Å²) in [5.41, 5.74) is 3.40. The van der Waals surface area contributed by atoms with E-state index in [1.54, 1.807) is 31.4 Å². The number of nitrogens with zero attached hydrogens (tertiary/aromatic N) is 1. The molecule has 2 amide bonds. The van der Waals surface area contributed by atoms with Gasteiger partial charge in [0.1, 0.15) is 6.04 Å². The molecule has 0 aliphatic heterocycles. The van der Waals surface area contributed by atoms with Gasteiger partial charge in [-0.1, -0.05) is 37.0 Å². The molecule has 1 atom stereocenters. The first-order chi connectivity index (χ1) is 15.1. The van der Waals surface area contributed by atoms with Crippen LogP contribution in [0.3, 0.4) is 0 Å². The van der Waals surface area contributed by atoms with Gasteiger partial charge in [0, 0.05) is 5.02 Å². The first kappa shape index (κ1) is 25.5. The number of halogens is 2. The minimum Gasteiger partial charge on any atom is -0.493 e. The van der Waals surface area contributed by atoms with Crippen LogP contribution in [0, 0.1) is 5.92 Å². The van der Waals surface area contributed by atoms with Crippen molar-refractivity contribution in [1.29, 1.82) is 0 Å². The van der Waals surface area contributed by atoms with Crippen LogP contribution in [-0.2, 0) is 4.79 Å². The van der Waals surface area contributed by atoms with Crippen molar-refractivity contribution in [3.63, 3.8) is 0 Å². The molecule has 2 rings (SSSR count). The van der Waals surface area contributed by atoms with Gasteiger partial charge in [0.25, 0.3) is 11.8 Å². The van der Waals surface area contributed by atoms with E-state index in [-0.39, 0.29) is 22.6 Å². The molecule has 0 radical (unpaired) electrons. The quantitative estimate of drug-likeness (QED) is 0.403. The summed E-state index contributed by atoms with van der Waals surface area (Å²) >= 11 is 12.0. The van der Waals surface area contributed by atoms with Crippen molar-refractivity contribution in [3.05, 3.63) is 57.6 Å². The van der Waals surface area contributed by atoms with Crippen LogP contribution in [-0.4, -0.2) is 37.3 Å². The van der Waals surface area contributed by atoms with Gasteiger partial charge >= 0.3 is 0 Å². The van der Waals surface area contributed by atoms with Crippen LogP contribution < -0.4 is 20.2 Å². The van der Waals surface area contributed by atoms with Crippen molar-refractivity contribution in [2.75, 3.05) is 7.11 Å². The fraction of sp³-hybridized carbons (Fsp3) is 0.348. The van der Waals surface area contributed by atoms with E-state index >= 15 is 0 Å². The van der Waals surface area contributed by atoms with Gasteiger partial charge in [0.2, 0.25) is 0 Å². The summed E-state index contributed by atoms with van der Waals surface area (Å²) in [6.07, 6.45) is 1.49. The highest BCUT2D eigenvalue weighted by Crippen LogP contribution is 2.28. The van der Waals surface area contributed by atoms with Crippen molar-refractivity contribution in [2.45, 2.75) is 39.8 Å². The van der Waals surface area contributed by atoms with Gasteiger partial charge in [-0.25, -0.2) is 5.43 Å². The molecule has 0 aliphatic rings. The highest BCUT2D eigenvalue weighted by Gasteiger charge is 2.25. The summed E-state index contributed by atoms with van der Waals surface area (Å²) in [5.74, 6) is 0.0532. The number of carbonyl (C=O) groups excluding carboxylic acids is 2. The first-order valence-corrected chi connectivity index (χ1v) is 10.8. The fourth-order valence-corrected chi connectivity index (χ4v) is 3.28. The summed E-state index contributed by atoms with van der Waals surface area (Å²) in [6, 6.07) is 9.03. The van der Waals surface area contributed by atoms with Crippen LogP contribution in [0.15, 0.2) is 41.5 Å². The molecule has 2 aromatic rings. The van der Waals surface area contributed by atoms with E-state index in [2.05, 4.69) is 15.8 Å². The Balaban J connectivity index is 2.06. The maximum atomic E-state index is 12.6. The summed E-state index contributed by atoms with van der Waals surface area (Å²) in [7, 11) is 1.55. The molecule has 0 heterocycles. The minimum atomic E-state index is -0.817. The van der Waals surface area contributed by atoms with E-state index < -0.39 is 17.9 Å². The zero-order valence-corrected chi connectivity index (χ0v) is 20.1. The lowest BCUT2D eigenvalue weighted by Gasteiger charge is -2.20. The van der Waals surface area contributed by atoms with Crippen LogP contribution in [0.4, 0.5) is 0 Å². The Morgan fingerprint density at radius 3 is 2.34 bits per heavy atom.